The molecule has 0 aromatic heterocycles. The molecule has 1 saturated carbocycles. The Hall–Kier alpha value is -0.610. The number of amides is 1. The summed E-state index contributed by atoms with van der Waals surface area (Å²) < 4.78 is 5.49. The molecule has 8 heteroatoms. The fourth-order valence-corrected chi connectivity index (χ4v) is 3.95. The molecule has 1 heterocycles. The maximum atomic E-state index is 12.0. The van der Waals surface area contributed by atoms with Crippen LogP contribution in [0.25, 0.3) is 0 Å². The topological polar surface area (TPSA) is 78.0 Å². The van der Waals surface area contributed by atoms with E-state index in [1.165, 1.54) is 12.8 Å². The quantitative estimate of drug-likeness (QED) is 0.252. The minimum absolute atomic E-state index is 0. The first-order valence-electron chi connectivity index (χ1n) is 10.6. The van der Waals surface area contributed by atoms with Crippen LogP contribution in [0.1, 0.15) is 52.4 Å². The van der Waals surface area contributed by atoms with Crippen molar-refractivity contribution in [3.63, 3.8) is 0 Å². The number of nitrogens with one attached hydrogen (secondary N) is 3. The second kappa shape index (κ2) is 14.4. The first-order chi connectivity index (χ1) is 13.1. The summed E-state index contributed by atoms with van der Waals surface area (Å²) in [7, 11) is 1.78. The van der Waals surface area contributed by atoms with Crippen LogP contribution in [0.5, 0.6) is 0 Å². The molecule has 0 bridgehead atoms. The number of hydrogen-bond acceptors (Lipinski definition) is 4. The Kier molecular flexibility index (Phi) is 13.1. The van der Waals surface area contributed by atoms with Crippen molar-refractivity contribution in [1.29, 1.82) is 0 Å². The standard InChI is InChI=1S/C20H39N5O2.HI/c1-16(2)14-18(25-10-12-27-13-11-25)15-23-20(21-3)22-9-8-19(26)24-17-6-4-5-7-17;/h16-18H,4-15H2,1-3H3,(H,24,26)(H2,21,22,23);1H. The van der Waals surface area contributed by atoms with Gasteiger partial charge in [-0.3, -0.25) is 14.7 Å². The van der Waals surface area contributed by atoms with Gasteiger partial charge in [-0.25, -0.2) is 0 Å². The lowest BCUT2D eigenvalue weighted by Crippen LogP contribution is -2.51. The van der Waals surface area contributed by atoms with E-state index >= 15 is 0 Å². The van der Waals surface area contributed by atoms with E-state index in [-0.39, 0.29) is 29.9 Å². The molecule has 2 aliphatic rings. The first kappa shape index (κ1) is 25.4. The predicted octanol–water partition coefficient (Wildman–Crippen LogP) is 1.97. The number of rotatable bonds is 9. The van der Waals surface area contributed by atoms with Crippen molar-refractivity contribution >= 4 is 35.8 Å². The van der Waals surface area contributed by atoms with Crippen LogP contribution in [0.15, 0.2) is 4.99 Å². The number of nitrogens with zero attached hydrogens (tertiary/aromatic N) is 2. The number of ether oxygens (including phenoxy) is 1. The van der Waals surface area contributed by atoms with E-state index in [1.807, 2.05) is 0 Å². The summed E-state index contributed by atoms with van der Waals surface area (Å²) in [5, 5.41) is 9.84. The van der Waals surface area contributed by atoms with Crippen LogP contribution < -0.4 is 16.0 Å². The van der Waals surface area contributed by atoms with Gasteiger partial charge in [0.25, 0.3) is 0 Å². The van der Waals surface area contributed by atoms with Gasteiger partial charge in [-0.15, -0.1) is 24.0 Å². The number of carbonyl (C=O) groups is 1. The zero-order chi connectivity index (χ0) is 19.5. The molecule has 2 rings (SSSR count). The Bertz CT molecular complexity index is 464. The van der Waals surface area contributed by atoms with Gasteiger partial charge in [0, 0.05) is 51.7 Å². The summed E-state index contributed by atoms with van der Waals surface area (Å²) in [4.78, 5) is 18.8. The second-order valence-corrected chi connectivity index (χ2v) is 8.11. The maximum Gasteiger partial charge on any atom is 0.221 e. The number of aliphatic imine (C=N–C) groups is 1. The van der Waals surface area contributed by atoms with E-state index in [0.717, 1.165) is 58.1 Å². The van der Waals surface area contributed by atoms with Gasteiger partial charge in [0.1, 0.15) is 0 Å². The normalized spacial score (nSPS) is 19.9. The van der Waals surface area contributed by atoms with Gasteiger partial charge in [0.2, 0.25) is 5.91 Å². The highest BCUT2D eigenvalue weighted by Gasteiger charge is 2.22. The third kappa shape index (κ3) is 9.73. The summed E-state index contributed by atoms with van der Waals surface area (Å²) in [6.07, 6.45) is 6.35. The lowest BCUT2D eigenvalue weighted by Gasteiger charge is -2.35. The summed E-state index contributed by atoms with van der Waals surface area (Å²) >= 11 is 0. The predicted molar refractivity (Wildman–Crippen MR) is 125 cm³/mol. The van der Waals surface area contributed by atoms with Gasteiger partial charge in [-0.05, 0) is 25.2 Å². The molecular weight excluding hydrogens is 469 g/mol. The van der Waals surface area contributed by atoms with Crippen LogP contribution >= 0.6 is 24.0 Å². The third-order valence-electron chi connectivity index (χ3n) is 5.40. The molecule has 1 aliphatic carbocycles. The monoisotopic (exact) mass is 509 g/mol. The average molecular weight is 509 g/mol. The van der Waals surface area contributed by atoms with Gasteiger partial charge >= 0.3 is 0 Å². The van der Waals surface area contributed by atoms with Crippen molar-refractivity contribution in [2.45, 2.75) is 64.5 Å². The Morgan fingerprint density at radius 3 is 2.46 bits per heavy atom. The van der Waals surface area contributed by atoms with E-state index in [9.17, 15) is 4.79 Å². The molecule has 0 aromatic carbocycles. The smallest absolute Gasteiger partial charge is 0.221 e. The third-order valence-corrected chi connectivity index (χ3v) is 5.40. The van der Waals surface area contributed by atoms with E-state index < -0.39 is 0 Å². The van der Waals surface area contributed by atoms with Crippen molar-refractivity contribution in [2.24, 2.45) is 10.9 Å². The van der Waals surface area contributed by atoms with Gasteiger partial charge in [0.15, 0.2) is 5.96 Å². The number of carbonyl (C=O) groups excluding carboxylic acids is 1. The van der Waals surface area contributed by atoms with E-state index in [4.69, 9.17) is 4.74 Å². The molecule has 0 aromatic rings. The van der Waals surface area contributed by atoms with Crippen LogP contribution in [0.3, 0.4) is 0 Å². The highest BCUT2D eigenvalue weighted by molar-refractivity contribution is 14.0. The highest BCUT2D eigenvalue weighted by atomic mass is 127. The second-order valence-electron chi connectivity index (χ2n) is 8.11. The molecule has 7 nitrogen and oxygen atoms in total. The van der Waals surface area contributed by atoms with E-state index in [0.29, 0.717) is 31.0 Å². The van der Waals surface area contributed by atoms with Crippen molar-refractivity contribution in [3.05, 3.63) is 0 Å². The summed E-state index contributed by atoms with van der Waals surface area (Å²) in [6.45, 7) is 9.61. The molecular formula is C20H40IN5O2. The van der Waals surface area contributed by atoms with E-state index in [2.05, 4.69) is 39.7 Å². The first-order valence-corrected chi connectivity index (χ1v) is 10.6. The summed E-state index contributed by atoms with van der Waals surface area (Å²) in [6, 6.07) is 0.860. The van der Waals surface area contributed by atoms with Crippen LogP contribution in [0.2, 0.25) is 0 Å². The molecule has 28 heavy (non-hydrogen) atoms. The molecule has 1 amide bonds. The van der Waals surface area contributed by atoms with E-state index in [1.54, 1.807) is 7.05 Å². The molecule has 2 fully saturated rings. The molecule has 1 aliphatic heterocycles. The number of morpholine rings is 1. The van der Waals surface area contributed by atoms with Gasteiger partial charge in [-0.1, -0.05) is 26.7 Å². The minimum Gasteiger partial charge on any atom is -0.379 e. The molecule has 1 unspecified atom stereocenters. The van der Waals surface area contributed by atoms with Crippen molar-refractivity contribution in [1.82, 2.24) is 20.9 Å². The molecule has 3 N–H and O–H groups in total. The Morgan fingerprint density at radius 1 is 1.18 bits per heavy atom. The molecule has 1 saturated heterocycles. The molecule has 0 radical (unpaired) electrons. The molecule has 0 spiro atoms. The Balaban J connectivity index is 0.00000392. The fraction of sp³-hybridized carbons (Fsp3) is 0.900. The number of halogens is 1. The fourth-order valence-electron chi connectivity index (χ4n) is 3.95. The van der Waals surface area contributed by atoms with Crippen LogP contribution in [0.4, 0.5) is 0 Å². The van der Waals surface area contributed by atoms with Gasteiger partial charge in [0.05, 0.1) is 13.2 Å². The summed E-state index contributed by atoms with van der Waals surface area (Å²) in [5.74, 6) is 1.55. The maximum absolute atomic E-state index is 12.0. The van der Waals surface area contributed by atoms with Gasteiger partial charge in [-0.2, -0.15) is 0 Å². The van der Waals surface area contributed by atoms with Gasteiger partial charge < -0.3 is 20.7 Å². The molecule has 1 atom stereocenters. The van der Waals surface area contributed by atoms with Crippen LogP contribution in [-0.2, 0) is 9.53 Å². The zero-order valence-corrected chi connectivity index (χ0v) is 20.2. The summed E-state index contributed by atoms with van der Waals surface area (Å²) in [5.41, 5.74) is 0. The van der Waals surface area contributed by atoms with Crippen LogP contribution in [0, 0.1) is 5.92 Å². The number of hydrogen-bond donors (Lipinski definition) is 3. The van der Waals surface area contributed by atoms with Crippen molar-refractivity contribution in [3.8, 4) is 0 Å². The lowest BCUT2D eigenvalue weighted by atomic mass is 10.0. The molecule has 164 valence electrons. The number of guanidine groups is 1. The Morgan fingerprint density at radius 2 is 1.86 bits per heavy atom. The van der Waals surface area contributed by atoms with Crippen molar-refractivity contribution < 1.29 is 9.53 Å². The lowest BCUT2D eigenvalue weighted by molar-refractivity contribution is -0.121. The van der Waals surface area contributed by atoms with Crippen LogP contribution in [-0.4, -0.2) is 75.3 Å². The Labute approximate surface area is 187 Å². The SMILES string of the molecule is CN=C(NCCC(=O)NC1CCCC1)NCC(CC(C)C)N1CCOCC1.I. The van der Waals surface area contributed by atoms with Crippen molar-refractivity contribution in [2.75, 3.05) is 46.4 Å². The zero-order valence-electron chi connectivity index (χ0n) is 17.8. The average Bonchev–Trinajstić information content (AvgIpc) is 3.16. The largest absolute Gasteiger partial charge is 0.379 e. The minimum atomic E-state index is 0. The highest BCUT2D eigenvalue weighted by Crippen LogP contribution is 2.17.